The fourth-order valence-electron chi connectivity index (χ4n) is 3.15. The summed E-state index contributed by atoms with van der Waals surface area (Å²) in [6.07, 6.45) is 2.93. The Morgan fingerprint density at radius 3 is 2.80 bits per heavy atom. The number of hydrogen-bond donors (Lipinski definition) is 1. The highest BCUT2D eigenvalue weighted by molar-refractivity contribution is 5.95. The lowest BCUT2D eigenvalue weighted by Gasteiger charge is -2.14. The van der Waals surface area contributed by atoms with E-state index in [0.717, 1.165) is 24.7 Å². The van der Waals surface area contributed by atoms with Crippen LogP contribution in [0.1, 0.15) is 29.4 Å². The molecule has 130 valence electrons. The van der Waals surface area contributed by atoms with E-state index in [2.05, 4.69) is 9.97 Å². The van der Waals surface area contributed by atoms with Gasteiger partial charge in [-0.2, -0.15) is 0 Å². The molecule has 1 aromatic heterocycles. The summed E-state index contributed by atoms with van der Waals surface area (Å²) < 4.78 is 13.6. The first-order chi connectivity index (χ1) is 11.9. The number of rotatable bonds is 4. The third kappa shape index (κ3) is 3.81. The lowest BCUT2D eigenvalue weighted by molar-refractivity contribution is -0.127. The quantitative estimate of drug-likeness (QED) is 0.921. The Morgan fingerprint density at radius 2 is 2.12 bits per heavy atom. The van der Waals surface area contributed by atoms with Gasteiger partial charge in [-0.15, -0.1) is 0 Å². The van der Waals surface area contributed by atoms with Crippen LogP contribution in [0.25, 0.3) is 11.3 Å². The molecular formula is C18H18FN3O3. The highest BCUT2D eigenvalue weighted by Crippen LogP contribution is 2.25. The summed E-state index contributed by atoms with van der Waals surface area (Å²) in [6, 6.07) is 5.21. The zero-order valence-electron chi connectivity index (χ0n) is 13.8. The topological polar surface area (TPSA) is 83.4 Å². The van der Waals surface area contributed by atoms with E-state index in [0.29, 0.717) is 24.6 Å². The van der Waals surface area contributed by atoms with Gasteiger partial charge in [0.05, 0.1) is 11.3 Å². The number of halogens is 1. The van der Waals surface area contributed by atoms with Crippen molar-refractivity contribution in [3.05, 3.63) is 47.7 Å². The normalized spacial score (nSPS) is 16.9. The number of carbonyl (C=O) groups excluding carboxylic acids is 1. The summed E-state index contributed by atoms with van der Waals surface area (Å²) in [4.78, 5) is 32.9. The van der Waals surface area contributed by atoms with Gasteiger partial charge in [-0.25, -0.2) is 19.2 Å². The molecule has 1 amide bonds. The highest BCUT2D eigenvalue weighted by Gasteiger charge is 2.25. The third-order valence-electron chi connectivity index (χ3n) is 4.44. The SMILES string of the molecule is CC(=O)N1CCC(Cc2cc(-c3cc(F)ccc3C(=O)O)ncn2)C1. The molecule has 0 saturated carbocycles. The first-order valence-electron chi connectivity index (χ1n) is 8.03. The van der Waals surface area contributed by atoms with Crippen molar-refractivity contribution in [1.29, 1.82) is 0 Å². The molecule has 6 nitrogen and oxygen atoms in total. The minimum absolute atomic E-state index is 0.00493. The lowest BCUT2D eigenvalue weighted by Crippen LogP contribution is -2.26. The van der Waals surface area contributed by atoms with E-state index in [4.69, 9.17) is 0 Å². The Bertz CT molecular complexity index is 825. The second kappa shape index (κ2) is 6.96. The monoisotopic (exact) mass is 343 g/mol. The summed E-state index contributed by atoms with van der Waals surface area (Å²) in [5, 5.41) is 9.29. The largest absolute Gasteiger partial charge is 0.478 e. The summed E-state index contributed by atoms with van der Waals surface area (Å²) >= 11 is 0. The molecule has 25 heavy (non-hydrogen) atoms. The molecule has 1 N–H and O–H groups in total. The van der Waals surface area contributed by atoms with Crippen LogP contribution in [0.2, 0.25) is 0 Å². The maximum atomic E-state index is 13.6. The third-order valence-corrected chi connectivity index (χ3v) is 4.44. The van der Waals surface area contributed by atoms with Crippen molar-refractivity contribution in [3.8, 4) is 11.3 Å². The zero-order chi connectivity index (χ0) is 18.0. The van der Waals surface area contributed by atoms with Gasteiger partial charge in [0.2, 0.25) is 5.91 Å². The molecule has 1 unspecified atom stereocenters. The van der Waals surface area contributed by atoms with Gasteiger partial charge in [-0.1, -0.05) is 0 Å². The standard InChI is InChI=1S/C18H18FN3O3/c1-11(23)22-5-4-12(9-22)6-14-8-17(21-10-20-14)16-7-13(19)2-3-15(16)18(24)25/h2-3,7-8,10,12H,4-6,9H2,1H3,(H,24,25). The molecule has 0 radical (unpaired) electrons. The Balaban J connectivity index is 1.84. The van der Waals surface area contributed by atoms with Gasteiger partial charge in [0, 0.05) is 31.3 Å². The van der Waals surface area contributed by atoms with Crippen LogP contribution in [0.5, 0.6) is 0 Å². The Kier molecular flexibility index (Phi) is 4.74. The van der Waals surface area contributed by atoms with Crippen LogP contribution in [-0.2, 0) is 11.2 Å². The van der Waals surface area contributed by atoms with E-state index in [1.807, 2.05) is 4.90 Å². The number of carbonyl (C=O) groups is 2. The molecule has 7 heteroatoms. The number of benzene rings is 1. The number of amides is 1. The van der Waals surface area contributed by atoms with E-state index < -0.39 is 11.8 Å². The number of aromatic carboxylic acids is 1. The molecule has 1 saturated heterocycles. The van der Waals surface area contributed by atoms with Gasteiger partial charge in [0.1, 0.15) is 12.1 Å². The fourth-order valence-corrected chi connectivity index (χ4v) is 3.15. The van der Waals surface area contributed by atoms with Crippen LogP contribution in [0.4, 0.5) is 4.39 Å². The smallest absolute Gasteiger partial charge is 0.336 e. The first kappa shape index (κ1) is 17.0. The Hall–Kier alpha value is -2.83. The average molecular weight is 343 g/mol. The van der Waals surface area contributed by atoms with Crippen LogP contribution in [0, 0.1) is 11.7 Å². The number of nitrogens with zero attached hydrogens (tertiary/aromatic N) is 3. The molecule has 2 heterocycles. The van der Waals surface area contributed by atoms with Crippen molar-refractivity contribution < 1.29 is 19.1 Å². The van der Waals surface area contributed by atoms with E-state index in [1.165, 1.54) is 18.5 Å². The van der Waals surface area contributed by atoms with Crippen molar-refractivity contribution in [3.63, 3.8) is 0 Å². The van der Waals surface area contributed by atoms with Crippen molar-refractivity contribution in [2.75, 3.05) is 13.1 Å². The van der Waals surface area contributed by atoms with Crippen molar-refractivity contribution in [1.82, 2.24) is 14.9 Å². The van der Waals surface area contributed by atoms with Gasteiger partial charge in [-0.05, 0) is 43.0 Å². The van der Waals surface area contributed by atoms with Crippen LogP contribution in [-0.4, -0.2) is 44.9 Å². The van der Waals surface area contributed by atoms with Crippen LogP contribution in [0.3, 0.4) is 0 Å². The number of carboxylic acids is 1. The molecule has 3 rings (SSSR count). The maximum absolute atomic E-state index is 13.6. The summed E-state index contributed by atoms with van der Waals surface area (Å²) in [5.74, 6) is -1.29. The van der Waals surface area contributed by atoms with Gasteiger partial charge < -0.3 is 10.0 Å². The van der Waals surface area contributed by atoms with Gasteiger partial charge in [-0.3, -0.25) is 4.79 Å². The lowest BCUT2D eigenvalue weighted by atomic mass is 9.99. The van der Waals surface area contributed by atoms with Gasteiger partial charge >= 0.3 is 5.97 Å². The predicted octanol–water partition coefficient (Wildman–Crippen LogP) is 2.39. The number of likely N-dealkylation sites (tertiary alicyclic amines) is 1. The van der Waals surface area contributed by atoms with E-state index in [-0.39, 0.29) is 17.0 Å². The molecule has 2 aromatic rings. The molecule has 1 aliphatic heterocycles. The molecular weight excluding hydrogens is 325 g/mol. The fraction of sp³-hybridized carbons (Fsp3) is 0.333. The van der Waals surface area contributed by atoms with E-state index in [1.54, 1.807) is 13.0 Å². The molecule has 0 spiro atoms. The molecule has 1 fully saturated rings. The van der Waals surface area contributed by atoms with Crippen molar-refractivity contribution in [2.45, 2.75) is 19.8 Å². The van der Waals surface area contributed by atoms with Gasteiger partial charge in [0.25, 0.3) is 0 Å². The Labute approximate surface area is 144 Å². The molecule has 0 bridgehead atoms. The van der Waals surface area contributed by atoms with E-state index >= 15 is 0 Å². The van der Waals surface area contributed by atoms with Crippen molar-refractivity contribution in [2.24, 2.45) is 5.92 Å². The predicted molar refractivity (Wildman–Crippen MR) is 88.5 cm³/mol. The molecule has 1 atom stereocenters. The minimum atomic E-state index is -1.14. The Morgan fingerprint density at radius 1 is 1.32 bits per heavy atom. The molecule has 0 aliphatic carbocycles. The minimum Gasteiger partial charge on any atom is -0.478 e. The first-order valence-corrected chi connectivity index (χ1v) is 8.03. The van der Waals surface area contributed by atoms with Crippen LogP contribution in [0.15, 0.2) is 30.6 Å². The summed E-state index contributed by atoms with van der Waals surface area (Å²) in [7, 11) is 0. The van der Waals surface area contributed by atoms with Crippen LogP contribution < -0.4 is 0 Å². The second-order valence-corrected chi connectivity index (χ2v) is 6.21. The van der Waals surface area contributed by atoms with Gasteiger partial charge in [0.15, 0.2) is 0 Å². The van der Waals surface area contributed by atoms with Crippen molar-refractivity contribution >= 4 is 11.9 Å². The molecule has 1 aliphatic rings. The number of aromatic nitrogens is 2. The maximum Gasteiger partial charge on any atom is 0.336 e. The zero-order valence-corrected chi connectivity index (χ0v) is 13.8. The summed E-state index contributed by atoms with van der Waals surface area (Å²) in [6.45, 7) is 2.99. The molecule has 1 aromatic carbocycles. The highest BCUT2D eigenvalue weighted by atomic mass is 19.1. The summed E-state index contributed by atoms with van der Waals surface area (Å²) in [5.41, 5.74) is 1.35. The second-order valence-electron chi connectivity index (χ2n) is 6.21. The number of carboxylic acid groups (broad SMARTS) is 1. The van der Waals surface area contributed by atoms with E-state index in [9.17, 15) is 19.1 Å². The average Bonchev–Trinajstić information content (AvgIpc) is 3.03. The number of hydrogen-bond acceptors (Lipinski definition) is 4. The van der Waals surface area contributed by atoms with Crippen LogP contribution >= 0.6 is 0 Å².